The molecule has 2 atom stereocenters. The topological polar surface area (TPSA) is 104 Å². The SMILES string of the molecule is Nc1cc(C(O)C(O)CCBr)ccc1C(=O)O. The highest BCUT2D eigenvalue weighted by Crippen LogP contribution is 2.23. The number of nitrogens with two attached hydrogens (primary N) is 1. The van der Waals surface area contributed by atoms with Gasteiger partial charge in [0.1, 0.15) is 6.10 Å². The molecule has 1 aromatic rings. The number of nitrogen functional groups attached to an aromatic ring is 1. The van der Waals surface area contributed by atoms with Gasteiger partial charge in [-0.25, -0.2) is 4.79 Å². The molecular formula is C11H14BrNO4. The fourth-order valence-corrected chi connectivity index (χ4v) is 1.92. The third-order valence-electron chi connectivity index (χ3n) is 2.42. The predicted molar refractivity (Wildman–Crippen MR) is 67.2 cm³/mol. The van der Waals surface area contributed by atoms with Gasteiger partial charge < -0.3 is 21.1 Å². The molecule has 6 heteroatoms. The molecule has 0 radical (unpaired) electrons. The van der Waals surface area contributed by atoms with E-state index in [0.29, 0.717) is 17.3 Å². The Morgan fingerprint density at radius 2 is 2.06 bits per heavy atom. The van der Waals surface area contributed by atoms with Gasteiger partial charge in [0.05, 0.1) is 11.7 Å². The first-order chi connectivity index (χ1) is 7.97. The van der Waals surface area contributed by atoms with Gasteiger partial charge in [-0.1, -0.05) is 22.0 Å². The van der Waals surface area contributed by atoms with Crippen LogP contribution in [0.2, 0.25) is 0 Å². The highest BCUT2D eigenvalue weighted by Gasteiger charge is 2.19. The minimum atomic E-state index is -1.12. The van der Waals surface area contributed by atoms with Gasteiger partial charge in [0, 0.05) is 11.0 Å². The number of hydrogen-bond acceptors (Lipinski definition) is 4. The van der Waals surface area contributed by atoms with E-state index in [2.05, 4.69) is 15.9 Å². The van der Waals surface area contributed by atoms with Crippen LogP contribution in [-0.4, -0.2) is 32.7 Å². The largest absolute Gasteiger partial charge is 0.478 e. The van der Waals surface area contributed by atoms with Crippen molar-refractivity contribution in [2.45, 2.75) is 18.6 Å². The van der Waals surface area contributed by atoms with Crippen LogP contribution in [0.1, 0.15) is 28.4 Å². The summed E-state index contributed by atoms with van der Waals surface area (Å²) in [6.45, 7) is 0. The number of alkyl halides is 1. The third-order valence-corrected chi connectivity index (χ3v) is 2.87. The molecule has 0 amide bonds. The Morgan fingerprint density at radius 1 is 1.41 bits per heavy atom. The molecule has 0 aliphatic rings. The second-order valence-corrected chi connectivity index (χ2v) is 4.43. The van der Waals surface area contributed by atoms with Crippen LogP contribution in [0.5, 0.6) is 0 Å². The maximum Gasteiger partial charge on any atom is 0.337 e. The van der Waals surface area contributed by atoms with Crippen LogP contribution in [0, 0.1) is 0 Å². The minimum Gasteiger partial charge on any atom is -0.478 e. The summed E-state index contributed by atoms with van der Waals surface area (Å²) >= 11 is 3.16. The van der Waals surface area contributed by atoms with Gasteiger partial charge in [0.25, 0.3) is 0 Å². The van der Waals surface area contributed by atoms with E-state index >= 15 is 0 Å². The van der Waals surface area contributed by atoms with Crippen molar-refractivity contribution in [2.24, 2.45) is 0 Å². The molecule has 1 rings (SSSR count). The van der Waals surface area contributed by atoms with E-state index in [0.717, 1.165) is 0 Å². The van der Waals surface area contributed by atoms with Crippen molar-refractivity contribution in [2.75, 3.05) is 11.1 Å². The molecule has 1 aromatic carbocycles. The molecule has 0 heterocycles. The van der Waals surface area contributed by atoms with Gasteiger partial charge in [-0.15, -0.1) is 0 Å². The molecule has 0 saturated heterocycles. The van der Waals surface area contributed by atoms with Crippen LogP contribution < -0.4 is 5.73 Å². The summed E-state index contributed by atoms with van der Waals surface area (Å²) < 4.78 is 0. The molecule has 94 valence electrons. The van der Waals surface area contributed by atoms with Crippen LogP contribution in [0.25, 0.3) is 0 Å². The Hall–Kier alpha value is -1.11. The van der Waals surface area contributed by atoms with E-state index in [4.69, 9.17) is 10.8 Å². The molecular weight excluding hydrogens is 290 g/mol. The first-order valence-corrected chi connectivity index (χ1v) is 6.14. The summed E-state index contributed by atoms with van der Waals surface area (Å²) in [5, 5.41) is 28.8. The Labute approximate surface area is 107 Å². The number of halogens is 1. The Balaban J connectivity index is 2.93. The summed E-state index contributed by atoms with van der Waals surface area (Å²) in [4.78, 5) is 10.7. The van der Waals surface area contributed by atoms with Gasteiger partial charge in [-0.05, 0) is 24.1 Å². The van der Waals surface area contributed by atoms with E-state index < -0.39 is 18.2 Å². The lowest BCUT2D eigenvalue weighted by atomic mass is 10.00. The maximum atomic E-state index is 10.7. The standard InChI is InChI=1S/C11H14BrNO4/c12-4-3-9(14)10(15)6-1-2-7(11(16)17)8(13)5-6/h1-2,5,9-10,14-15H,3-4,13H2,(H,16,17). The van der Waals surface area contributed by atoms with E-state index in [1.807, 2.05) is 0 Å². The molecule has 0 aliphatic heterocycles. The molecule has 5 nitrogen and oxygen atoms in total. The highest BCUT2D eigenvalue weighted by molar-refractivity contribution is 9.09. The monoisotopic (exact) mass is 303 g/mol. The maximum absolute atomic E-state index is 10.7. The summed E-state index contributed by atoms with van der Waals surface area (Å²) in [7, 11) is 0. The van der Waals surface area contributed by atoms with Crippen molar-refractivity contribution in [3.05, 3.63) is 29.3 Å². The number of aliphatic hydroxyl groups excluding tert-OH is 2. The van der Waals surface area contributed by atoms with Gasteiger partial charge in [0.15, 0.2) is 0 Å². The van der Waals surface area contributed by atoms with E-state index in [-0.39, 0.29) is 11.3 Å². The summed E-state index contributed by atoms with van der Waals surface area (Å²) in [5.41, 5.74) is 6.01. The average molecular weight is 304 g/mol. The van der Waals surface area contributed by atoms with Crippen LogP contribution in [-0.2, 0) is 0 Å². The number of hydrogen-bond donors (Lipinski definition) is 4. The number of aromatic carboxylic acids is 1. The number of rotatable bonds is 5. The summed E-state index contributed by atoms with van der Waals surface area (Å²) in [5.74, 6) is -1.12. The fraction of sp³-hybridized carbons (Fsp3) is 0.364. The first-order valence-electron chi connectivity index (χ1n) is 5.02. The number of benzene rings is 1. The van der Waals surface area contributed by atoms with Crippen LogP contribution >= 0.6 is 15.9 Å². The van der Waals surface area contributed by atoms with Crippen molar-refractivity contribution in [1.82, 2.24) is 0 Å². The molecule has 2 unspecified atom stereocenters. The molecule has 0 spiro atoms. The Kier molecular flexibility index (Phi) is 4.92. The molecule has 0 saturated carbocycles. The zero-order chi connectivity index (χ0) is 13.0. The Bertz CT molecular complexity index is 410. The molecule has 5 N–H and O–H groups in total. The molecule has 17 heavy (non-hydrogen) atoms. The van der Waals surface area contributed by atoms with Crippen LogP contribution in [0.3, 0.4) is 0 Å². The normalized spacial score (nSPS) is 14.3. The molecule has 0 fully saturated rings. The van der Waals surface area contributed by atoms with Crippen LogP contribution in [0.15, 0.2) is 18.2 Å². The smallest absolute Gasteiger partial charge is 0.337 e. The lowest BCUT2D eigenvalue weighted by Crippen LogP contribution is -2.19. The van der Waals surface area contributed by atoms with Gasteiger partial charge in [-0.3, -0.25) is 0 Å². The lowest BCUT2D eigenvalue weighted by molar-refractivity contribution is 0.0174. The zero-order valence-corrected chi connectivity index (χ0v) is 10.6. The predicted octanol–water partition coefficient (Wildman–Crippen LogP) is 1.15. The quantitative estimate of drug-likeness (QED) is 0.482. The van der Waals surface area contributed by atoms with Crippen molar-refractivity contribution >= 4 is 27.6 Å². The van der Waals surface area contributed by atoms with E-state index in [1.165, 1.54) is 18.2 Å². The first kappa shape index (κ1) is 14.0. The fourth-order valence-electron chi connectivity index (χ4n) is 1.45. The van der Waals surface area contributed by atoms with Crippen LogP contribution in [0.4, 0.5) is 5.69 Å². The summed E-state index contributed by atoms with van der Waals surface area (Å²) in [6.07, 6.45) is -1.59. The number of carboxylic acid groups (broad SMARTS) is 1. The van der Waals surface area contributed by atoms with Gasteiger partial charge >= 0.3 is 5.97 Å². The van der Waals surface area contributed by atoms with Crippen molar-refractivity contribution in [1.29, 1.82) is 0 Å². The molecule has 0 bridgehead atoms. The second-order valence-electron chi connectivity index (χ2n) is 3.64. The van der Waals surface area contributed by atoms with Gasteiger partial charge in [-0.2, -0.15) is 0 Å². The minimum absolute atomic E-state index is 0.0177. The second kappa shape index (κ2) is 6.00. The number of carboxylic acids is 1. The summed E-state index contributed by atoms with van der Waals surface area (Å²) in [6, 6.07) is 4.13. The number of anilines is 1. The number of aliphatic hydroxyl groups is 2. The highest BCUT2D eigenvalue weighted by atomic mass is 79.9. The Morgan fingerprint density at radius 3 is 2.53 bits per heavy atom. The molecule has 0 aromatic heterocycles. The van der Waals surface area contributed by atoms with Gasteiger partial charge in [0.2, 0.25) is 0 Å². The zero-order valence-electron chi connectivity index (χ0n) is 9.01. The molecule has 0 aliphatic carbocycles. The lowest BCUT2D eigenvalue weighted by Gasteiger charge is -2.18. The van der Waals surface area contributed by atoms with E-state index in [9.17, 15) is 15.0 Å². The average Bonchev–Trinajstić information content (AvgIpc) is 2.27. The van der Waals surface area contributed by atoms with E-state index in [1.54, 1.807) is 0 Å². The van der Waals surface area contributed by atoms with Crippen molar-refractivity contribution < 1.29 is 20.1 Å². The number of carbonyl (C=O) groups is 1. The third kappa shape index (κ3) is 3.42. The van der Waals surface area contributed by atoms with Crippen molar-refractivity contribution in [3.8, 4) is 0 Å². The van der Waals surface area contributed by atoms with Crippen molar-refractivity contribution in [3.63, 3.8) is 0 Å².